The fraction of sp³-hybridized carbons (Fsp3) is 0.364. The van der Waals surface area contributed by atoms with Crippen LogP contribution in [0.5, 0.6) is 11.5 Å². The Bertz CT molecular complexity index is 361. The van der Waals surface area contributed by atoms with Gasteiger partial charge < -0.3 is 19.7 Å². The van der Waals surface area contributed by atoms with Crippen molar-refractivity contribution < 1.29 is 24.5 Å². The average molecular weight is 226 g/mol. The summed E-state index contributed by atoms with van der Waals surface area (Å²) in [6.45, 7) is 1.97. The standard InChI is InChI=1S/C11H14O5/c1-2-15-11(14)9-4-3-8(7-10(9)13)16-6-5-12/h3-4,7,12-13H,2,5-6H2,1H3. The summed E-state index contributed by atoms with van der Waals surface area (Å²) in [6, 6.07) is 4.25. The summed E-state index contributed by atoms with van der Waals surface area (Å²) in [6.07, 6.45) is 0. The highest BCUT2D eigenvalue weighted by molar-refractivity contribution is 5.92. The first-order valence-electron chi connectivity index (χ1n) is 4.92. The van der Waals surface area contributed by atoms with Crippen LogP contribution in [0.3, 0.4) is 0 Å². The van der Waals surface area contributed by atoms with E-state index in [1.165, 1.54) is 18.2 Å². The van der Waals surface area contributed by atoms with Gasteiger partial charge in [0, 0.05) is 6.07 Å². The molecule has 5 heteroatoms. The number of hydrogen-bond donors (Lipinski definition) is 2. The molecule has 0 radical (unpaired) electrons. The minimum absolute atomic E-state index is 0.0956. The van der Waals surface area contributed by atoms with Crippen LogP contribution in [0.4, 0.5) is 0 Å². The van der Waals surface area contributed by atoms with Crippen molar-refractivity contribution in [2.75, 3.05) is 19.8 Å². The number of phenolic OH excluding ortho intramolecular Hbond substituents is 1. The summed E-state index contributed by atoms with van der Waals surface area (Å²) in [5.41, 5.74) is 0.0956. The third-order valence-corrected chi connectivity index (χ3v) is 1.82. The fourth-order valence-corrected chi connectivity index (χ4v) is 1.15. The molecular weight excluding hydrogens is 212 g/mol. The van der Waals surface area contributed by atoms with E-state index < -0.39 is 5.97 Å². The van der Waals surface area contributed by atoms with Crippen molar-refractivity contribution in [1.29, 1.82) is 0 Å². The first kappa shape index (κ1) is 12.3. The number of carbonyl (C=O) groups is 1. The lowest BCUT2D eigenvalue weighted by Gasteiger charge is -2.07. The van der Waals surface area contributed by atoms with Crippen LogP contribution in [0.2, 0.25) is 0 Å². The Morgan fingerprint density at radius 2 is 2.19 bits per heavy atom. The van der Waals surface area contributed by atoms with Crippen LogP contribution >= 0.6 is 0 Å². The predicted octanol–water partition coefficient (Wildman–Crippen LogP) is 0.940. The third kappa shape index (κ3) is 3.13. The quantitative estimate of drug-likeness (QED) is 0.731. The van der Waals surface area contributed by atoms with Gasteiger partial charge in [-0.05, 0) is 19.1 Å². The molecule has 0 aliphatic carbocycles. The topological polar surface area (TPSA) is 76.0 Å². The van der Waals surface area contributed by atoms with Crippen molar-refractivity contribution in [2.24, 2.45) is 0 Å². The number of phenols is 1. The Hall–Kier alpha value is -1.75. The third-order valence-electron chi connectivity index (χ3n) is 1.82. The van der Waals surface area contributed by atoms with E-state index in [4.69, 9.17) is 14.6 Å². The van der Waals surface area contributed by atoms with Gasteiger partial charge in [-0.1, -0.05) is 0 Å². The molecule has 0 fully saturated rings. The highest BCUT2D eigenvalue weighted by Crippen LogP contribution is 2.24. The largest absolute Gasteiger partial charge is 0.507 e. The lowest BCUT2D eigenvalue weighted by molar-refractivity contribution is 0.0523. The number of hydrogen-bond acceptors (Lipinski definition) is 5. The number of aromatic hydroxyl groups is 1. The highest BCUT2D eigenvalue weighted by atomic mass is 16.5. The van der Waals surface area contributed by atoms with Crippen LogP contribution in [0.15, 0.2) is 18.2 Å². The molecule has 0 amide bonds. The molecule has 2 N–H and O–H groups in total. The van der Waals surface area contributed by atoms with Gasteiger partial charge in [0.15, 0.2) is 0 Å². The molecule has 5 nitrogen and oxygen atoms in total. The molecular formula is C11H14O5. The molecule has 0 aliphatic heterocycles. The van der Waals surface area contributed by atoms with Gasteiger partial charge in [0.05, 0.1) is 13.2 Å². The Morgan fingerprint density at radius 1 is 1.44 bits per heavy atom. The zero-order valence-corrected chi connectivity index (χ0v) is 8.97. The average Bonchev–Trinajstić information content (AvgIpc) is 2.26. The van der Waals surface area contributed by atoms with Crippen molar-refractivity contribution in [1.82, 2.24) is 0 Å². The van der Waals surface area contributed by atoms with Crippen molar-refractivity contribution in [3.8, 4) is 11.5 Å². The second-order valence-electron chi connectivity index (χ2n) is 2.97. The molecule has 0 atom stereocenters. The first-order chi connectivity index (χ1) is 7.69. The Balaban J connectivity index is 2.78. The molecule has 0 bridgehead atoms. The Morgan fingerprint density at radius 3 is 2.75 bits per heavy atom. The minimum Gasteiger partial charge on any atom is -0.507 e. The second-order valence-corrected chi connectivity index (χ2v) is 2.97. The molecule has 0 spiro atoms. The van der Waals surface area contributed by atoms with Gasteiger partial charge >= 0.3 is 5.97 Å². The molecule has 0 aliphatic rings. The number of rotatable bonds is 5. The molecule has 88 valence electrons. The zero-order valence-electron chi connectivity index (χ0n) is 8.97. The van der Waals surface area contributed by atoms with Crippen LogP contribution in [0, 0.1) is 0 Å². The lowest BCUT2D eigenvalue weighted by atomic mass is 10.2. The van der Waals surface area contributed by atoms with Gasteiger partial charge in [-0.3, -0.25) is 0 Å². The number of carbonyl (C=O) groups excluding carboxylic acids is 1. The SMILES string of the molecule is CCOC(=O)c1ccc(OCCO)cc1O. The van der Waals surface area contributed by atoms with E-state index in [1.54, 1.807) is 6.92 Å². The van der Waals surface area contributed by atoms with E-state index in [0.717, 1.165) is 0 Å². The summed E-state index contributed by atoms with van der Waals surface area (Å²) < 4.78 is 9.82. The van der Waals surface area contributed by atoms with Gasteiger partial charge in [0.25, 0.3) is 0 Å². The van der Waals surface area contributed by atoms with Crippen molar-refractivity contribution in [3.05, 3.63) is 23.8 Å². The second kappa shape index (κ2) is 5.97. The van der Waals surface area contributed by atoms with Crippen LogP contribution in [-0.2, 0) is 4.74 Å². The Labute approximate surface area is 93.2 Å². The smallest absolute Gasteiger partial charge is 0.341 e. The monoisotopic (exact) mass is 226 g/mol. The number of aliphatic hydroxyl groups is 1. The molecule has 1 aromatic carbocycles. The molecule has 1 aromatic rings. The summed E-state index contributed by atoms with van der Waals surface area (Å²) in [5.74, 6) is -0.387. The van der Waals surface area contributed by atoms with E-state index in [1.807, 2.05) is 0 Å². The van der Waals surface area contributed by atoms with Crippen LogP contribution < -0.4 is 4.74 Å². The summed E-state index contributed by atoms with van der Waals surface area (Å²) in [5, 5.41) is 18.1. The van der Waals surface area contributed by atoms with E-state index >= 15 is 0 Å². The normalized spacial score (nSPS) is 9.88. The van der Waals surface area contributed by atoms with Crippen LogP contribution in [0.1, 0.15) is 17.3 Å². The molecule has 0 saturated carbocycles. The minimum atomic E-state index is -0.575. The van der Waals surface area contributed by atoms with E-state index in [2.05, 4.69) is 0 Å². The maximum Gasteiger partial charge on any atom is 0.341 e. The number of aliphatic hydroxyl groups excluding tert-OH is 1. The van der Waals surface area contributed by atoms with Gasteiger partial charge in [0.1, 0.15) is 23.7 Å². The van der Waals surface area contributed by atoms with Crippen LogP contribution in [0.25, 0.3) is 0 Å². The molecule has 0 aromatic heterocycles. The highest BCUT2D eigenvalue weighted by Gasteiger charge is 2.12. The van der Waals surface area contributed by atoms with Crippen molar-refractivity contribution >= 4 is 5.97 Å². The zero-order chi connectivity index (χ0) is 12.0. The molecule has 0 heterocycles. The predicted molar refractivity (Wildman–Crippen MR) is 56.6 cm³/mol. The van der Waals surface area contributed by atoms with Crippen molar-refractivity contribution in [2.45, 2.75) is 6.92 Å². The summed E-state index contributed by atoms with van der Waals surface area (Å²) in [7, 11) is 0. The summed E-state index contributed by atoms with van der Waals surface area (Å²) >= 11 is 0. The molecule has 1 rings (SSSR count). The van der Waals surface area contributed by atoms with Gasteiger partial charge in [-0.15, -0.1) is 0 Å². The molecule has 16 heavy (non-hydrogen) atoms. The number of benzene rings is 1. The number of ether oxygens (including phenoxy) is 2. The lowest BCUT2D eigenvalue weighted by Crippen LogP contribution is -2.06. The molecule has 0 saturated heterocycles. The van der Waals surface area contributed by atoms with Crippen LogP contribution in [-0.4, -0.2) is 36.0 Å². The van der Waals surface area contributed by atoms with Gasteiger partial charge in [-0.2, -0.15) is 0 Å². The van der Waals surface area contributed by atoms with E-state index in [0.29, 0.717) is 5.75 Å². The van der Waals surface area contributed by atoms with E-state index in [9.17, 15) is 9.90 Å². The Kier molecular flexibility index (Phi) is 4.60. The first-order valence-corrected chi connectivity index (χ1v) is 4.92. The molecule has 0 unspecified atom stereocenters. The maximum atomic E-state index is 11.3. The maximum absolute atomic E-state index is 11.3. The fourth-order valence-electron chi connectivity index (χ4n) is 1.15. The van der Waals surface area contributed by atoms with Crippen molar-refractivity contribution in [3.63, 3.8) is 0 Å². The summed E-state index contributed by atoms with van der Waals surface area (Å²) in [4.78, 5) is 11.3. The van der Waals surface area contributed by atoms with Gasteiger partial charge in [-0.25, -0.2) is 4.79 Å². The van der Waals surface area contributed by atoms with E-state index in [-0.39, 0.29) is 31.1 Å². The van der Waals surface area contributed by atoms with Gasteiger partial charge in [0.2, 0.25) is 0 Å². The number of esters is 1.